The molecule has 2 saturated heterocycles. The van der Waals surface area contributed by atoms with E-state index in [2.05, 4.69) is 10.6 Å². The number of alkyl halides is 2. The van der Waals surface area contributed by atoms with Gasteiger partial charge in [-0.05, 0) is 31.0 Å². The lowest BCUT2D eigenvalue weighted by Crippen LogP contribution is -2.48. The van der Waals surface area contributed by atoms with Crippen molar-refractivity contribution in [3.8, 4) is 0 Å². The first-order chi connectivity index (χ1) is 12.2. The topological polar surface area (TPSA) is 61.4 Å². The SMILES string of the molecule is O=C(Nc1ccc(F)c(Cl)c1)C1CCN(C(=O)C2CC(F)(F)CN2)CC1. The number of anilines is 1. The Kier molecular flexibility index (Phi) is 5.43. The number of nitrogens with one attached hydrogen (secondary N) is 2. The lowest BCUT2D eigenvalue weighted by molar-refractivity contribution is -0.136. The van der Waals surface area contributed by atoms with E-state index in [9.17, 15) is 22.8 Å². The molecule has 0 radical (unpaired) electrons. The molecule has 2 aliphatic rings. The zero-order valence-corrected chi connectivity index (χ0v) is 14.7. The van der Waals surface area contributed by atoms with Gasteiger partial charge in [-0.2, -0.15) is 0 Å². The Morgan fingerprint density at radius 3 is 2.54 bits per heavy atom. The molecule has 0 aliphatic carbocycles. The highest BCUT2D eigenvalue weighted by Gasteiger charge is 2.44. The lowest BCUT2D eigenvalue weighted by atomic mass is 9.95. The first-order valence-electron chi connectivity index (χ1n) is 8.41. The van der Waals surface area contributed by atoms with Crippen LogP contribution in [0.5, 0.6) is 0 Å². The molecule has 0 saturated carbocycles. The monoisotopic (exact) mass is 389 g/mol. The van der Waals surface area contributed by atoms with Crippen LogP contribution in [0.2, 0.25) is 5.02 Å². The molecule has 0 aromatic heterocycles. The van der Waals surface area contributed by atoms with Gasteiger partial charge in [0.05, 0.1) is 17.6 Å². The minimum Gasteiger partial charge on any atom is -0.341 e. The highest BCUT2D eigenvalue weighted by Crippen LogP contribution is 2.28. The summed E-state index contributed by atoms with van der Waals surface area (Å²) in [6.45, 7) is 0.193. The van der Waals surface area contributed by atoms with E-state index < -0.39 is 30.7 Å². The van der Waals surface area contributed by atoms with Gasteiger partial charge >= 0.3 is 0 Å². The van der Waals surface area contributed by atoms with E-state index in [0.717, 1.165) is 0 Å². The van der Waals surface area contributed by atoms with Crippen molar-refractivity contribution in [1.29, 1.82) is 0 Å². The van der Waals surface area contributed by atoms with Crippen molar-refractivity contribution < 1.29 is 22.8 Å². The van der Waals surface area contributed by atoms with Gasteiger partial charge < -0.3 is 10.2 Å². The van der Waals surface area contributed by atoms with Crippen molar-refractivity contribution in [3.63, 3.8) is 0 Å². The van der Waals surface area contributed by atoms with Crippen molar-refractivity contribution in [3.05, 3.63) is 29.0 Å². The molecule has 26 heavy (non-hydrogen) atoms. The predicted octanol–water partition coefficient (Wildman–Crippen LogP) is 2.65. The second-order valence-corrected chi connectivity index (χ2v) is 7.12. The predicted molar refractivity (Wildman–Crippen MR) is 90.7 cm³/mol. The summed E-state index contributed by atoms with van der Waals surface area (Å²) in [7, 11) is 0. The molecule has 0 spiro atoms. The molecule has 142 valence electrons. The quantitative estimate of drug-likeness (QED) is 0.835. The molecular formula is C17H19ClF3N3O2. The van der Waals surface area contributed by atoms with Gasteiger partial charge in [-0.25, -0.2) is 13.2 Å². The van der Waals surface area contributed by atoms with Crippen LogP contribution in [0.25, 0.3) is 0 Å². The van der Waals surface area contributed by atoms with Gasteiger partial charge in [0.2, 0.25) is 11.8 Å². The largest absolute Gasteiger partial charge is 0.341 e. The number of nitrogens with zero attached hydrogens (tertiary/aromatic N) is 1. The van der Waals surface area contributed by atoms with Gasteiger partial charge in [-0.15, -0.1) is 0 Å². The zero-order chi connectivity index (χ0) is 18.9. The summed E-state index contributed by atoms with van der Waals surface area (Å²) in [5.74, 6) is -4.30. The fourth-order valence-electron chi connectivity index (χ4n) is 3.29. The van der Waals surface area contributed by atoms with Gasteiger partial charge in [0.25, 0.3) is 5.92 Å². The average molecular weight is 390 g/mol. The fourth-order valence-corrected chi connectivity index (χ4v) is 3.47. The first kappa shape index (κ1) is 19.0. The van der Waals surface area contributed by atoms with E-state index in [1.54, 1.807) is 0 Å². The first-order valence-corrected chi connectivity index (χ1v) is 8.79. The summed E-state index contributed by atoms with van der Waals surface area (Å²) in [6, 6.07) is 3.06. The van der Waals surface area contributed by atoms with Crippen molar-refractivity contribution in [2.45, 2.75) is 31.2 Å². The smallest absolute Gasteiger partial charge is 0.262 e. The number of carbonyl (C=O) groups is 2. The van der Waals surface area contributed by atoms with Crippen LogP contribution in [-0.2, 0) is 9.59 Å². The minimum atomic E-state index is -2.85. The molecule has 2 aliphatic heterocycles. The highest BCUT2D eigenvalue weighted by molar-refractivity contribution is 6.31. The van der Waals surface area contributed by atoms with Crippen LogP contribution in [0, 0.1) is 11.7 Å². The van der Waals surface area contributed by atoms with Gasteiger partial charge in [-0.3, -0.25) is 14.9 Å². The molecule has 2 fully saturated rings. The summed E-state index contributed by atoms with van der Waals surface area (Å²) in [5.41, 5.74) is 0.400. The third-order valence-corrected chi connectivity index (χ3v) is 5.06. The highest BCUT2D eigenvalue weighted by atomic mass is 35.5. The van der Waals surface area contributed by atoms with Crippen LogP contribution >= 0.6 is 11.6 Å². The molecule has 2 N–H and O–H groups in total. The molecule has 2 amide bonds. The van der Waals surface area contributed by atoms with Gasteiger partial charge in [0, 0.05) is 31.1 Å². The molecule has 1 aromatic rings. The standard InChI is InChI=1S/C17H19ClF3N3O2/c18-12-7-11(1-2-13(12)19)23-15(25)10-3-5-24(6-4-10)16(26)14-8-17(20,21)9-22-14/h1-2,7,10,14,22H,3-6,8-9H2,(H,23,25). The third kappa shape index (κ3) is 4.29. The third-order valence-electron chi connectivity index (χ3n) is 4.77. The second-order valence-electron chi connectivity index (χ2n) is 6.71. The molecule has 9 heteroatoms. The minimum absolute atomic E-state index is 0.0796. The molecule has 0 bridgehead atoms. The Morgan fingerprint density at radius 2 is 1.96 bits per heavy atom. The van der Waals surface area contributed by atoms with E-state index in [1.807, 2.05) is 0 Å². The number of benzene rings is 1. The number of piperidine rings is 1. The maximum atomic E-state index is 13.2. The molecule has 1 aromatic carbocycles. The number of carbonyl (C=O) groups excluding carboxylic acids is 2. The number of rotatable bonds is 3. The summed E-state index contributed by atoms with van der Waals surface area (Å²) in [5, 5.41) is 5.16. The maximum absolute atomic E-state index is 13.2. The number of hydrogen-bond acceptors (Lipinski definition) is 3. The number of likely N-dealkylation sites (tertiary alicyclic amines) is 1. The van der Waals surface area contributed by atoms with Gasteiger partial charge in [-0.1, -0.05) is 11.6 Å². The summed E-state index contributed by atoms with van der Waals surface area (Å²) >= 11 is 5.69. The lowest BCUT2D eigenvalue weighted by Gasteiger charge is -2.33. The van der Waals surface area contributed by atoms with Gasteiger partial charge in [0.15, 0.2) is 0 Å². The zero-order valence-electron chi connectivity index (χ0n) is 13.9. The van der Waals surface area contributed by atoms with E-state index in [0.29, 0.717) is 31.6 Å². The van der Waals surface area contributed by atoms with E-state index in [1.165, 1.54) is 23.1 Å². The van der Waals surface area contributed by atoms with Crippen molar-refractivity contribution >= 4 is 29.1 Å². The van der Waals surface area contributed by atoms with E-state index in [4.69, 9.17) is 11.6 Å². The summed E-state index contributed by atoms with van der Waals surface area (Å²) < 4.78 is 39.6. The van der Waals surface area contributed by atoms with Crippen molar-refractivity contribution in [1.82, 2.24) is 10.2 Å². The summed E-state index contributed by atoms with van der Waals surface area (Å²) in [6.07, 6.45) is 0.392. The molecule has 5 nitrogen and oxygen atoms in total. The van der Waals surface area contributed by atoms with Crippen molar-refractivity contribution in [2.75, 3.05) is 25.0 Å². The van der Waals surface area contributed by atoms with Crippen LogP contribution in [0.4, 0.5) is 18.9 Å². The second kappa shape index (κ2) is 7.44. The number of hydrogen-bond donors (Lipinski definition) is 2. The van der Waals surface area contributed by atoms with Crippen LogP contribution in [0.15, 0.2) is 18.2 Å². The molecule has 1 unspecified atom stereocenters. The van der Waals surface area contributed by atoms with Crippen LogP contribution in [0.1, 0.15) is 19.3 Å². The van der Waals surface area contributed by atoms with Crippen LogP contribution < -0.4 is 10.6 Å². The molecular weight excluding hydrogens is 371 g/mol. The van der Waals surface area contributed by atoms with E-state index in [-0.39, 0.29) is 22.8 Å². The maximum Gasteiger partial charge on any atom is 0.262 e. The molecule has 1 atom stereocenters. The molecule has 2 heterocycles. The van der Waals surface area contributed by atoms with Crippen LogP contribution in [0.3, 0.4) is 0 Å². The Bertz CT molecular complexity index is 708. The Morgan fingerprint density at radius 1 is 1.27 bits per heavy atom. The van der Waals surface area contributed by atoms with Crippen molar-refractivity contribution in [2.24, 2.45) is 5.92 Å². The molecule has 3 rings (SSSR count). The van der Waals surface area contributed by atoms with Crippen LogP contribution in [-0.4, -0.2) is 48.3 Å². The fraction of sp³-hybridized carbons (Fsp3) is 0.529. The number of halogens is 4. The average Bonchev–Trinajstić information content (AvgIpc) is 2.97. The summed E-state index contributed by atoms with van der Waals surface area (Å²) in [4.78, 5) is 26.1. The van der Waals surface area contributed by atoms with Gasteiger partial charge in [0.1, 0.15) is 5.82 Å². The Labute approximate surface area is 153 Å². The number of amides is 2. The van der Waals surface area contributed by atoms with E-state index >= 15 is 0 Å². The normalized spacial score (nSPS) is 23.1. The Balaban J connectivity index is 1.50. The Hall–Kier alpha value is -1.80.